The molecule has 2 aromatic rings. The van der Waals surface area contributed by atoms with Crippen molar-refractivity contribution in [3.8, 4) is 0 Å². The van der Waals surface area contributed by atoms with Crippen molar-refractivity contribution in [1.29, 1.82) is 0 Å². The summed E-state index contributed by atoms with van der Waals surface area (Å²) in [5.74, 6) is 1.57. The number of hydrogen-bond acceptors (Lipinski definition) is 3. The van der Waals surface area contributed by atoms with Crippen LogP contribution in [0, 0.1) is 23.2 Å². The van der Waals surface area contributed by atoms with E-state index in [9.17, 15) is 15.1 Å². The summed E-state index contributed by atoms with van der Waals surface area (Å²) in [5.41, 5.74) is 11.5. The SMILES string of the molecule is [N-]=[N+]=NC1C(=O)N(CCC23CC4CC(CC(C4)C2)C3)c2ccccc2N(c2ccccc2)C1=O. The number of nitrogens with zero attached hydrogens (tertiary/aromatic N) is 5. The summed E-state index contributed by atoms with van der Waals surface area (Å²) in [6.07, 6.45) is 8.85. The molecule has 1 atom stereocenters. The molecule has 4 saturated carbocycles. The van der Waals surface area contributed by atoms with Gasteiger partial charge in [0.2, 0.25) is 11.8 Å². The van der Waals surface area contributed by atoms with Crippen LogP contribution in [-0.4, -0.2) is 24.4 Å². The topological polar surface area (TPSA) is 89.4 Å². The molecule has 2 aromatic carbocycles. The van der Waals surface area contributed by atoms with Crippen molar-refractivity contribution < 1.29 is 9.59 Å². The van der Waals surface area contributed by atoms with Crippen molar-refractivity contribution in [2.45, 2.75) is 51.0 Å². The first kappa shape index (κ1) is 21.2. The van der Waals surface area contributed by atoms with Crippen LogP contribution in [0.15, 0.2) is 59.7 Å². The fraction of sp³-hybridized carbons (Fsp3) is 0.481. The van der Waals surface area contributed by atoms with Crippen LogP contribution in [0.25, 0.3) is 10.4 Å². The Balaban J connectivity index is 1.38. The number of anilines is 3. The molecule has 2 amide bonds. The molecule has 0 spiro atoms. The molecular weight excluding hydrogens is 426 g/mol. The van der Waals surface area contributed by atoms with E-state index in [4.69, 9.17) is 0 Å². The molecule has 0 radical (unpaired) electrons. The Hall–Kier alpha value is -3.31. The summed E-state index contributed by atoms with van der Waals surface area (Å²) in [6, 6.07) is 15.4. The average molecular weight is 456 g/mol. The van der Waals surface area contributed by atoms with Gasteiger partial charge in [-0.15, -0.1) is 0 Å². The van der Waals surface area contributed by atoms with Crippen molar-refractivity contribution in [2.24, 2.45) is 28.3 Å². The second-order valence-electron chi connectivity index (χ2n) is 10.8. The first-order chi connectivity index (χ1) is 16.6. The molecule has 1 heterocycles. The fourth-order valence-electron chi connectivity index (χ4n) is 7.66. The average Bonchev–Trinajstić information content (AvgIpc) is 2.91. The van der Waals surface area contributed by atoms with Gasteiger partial charge in [0, 0.05) is 17.1 Å². The highest BCUT2D eigenvalue weighted by atomic mass is 16.2. The van der Waals surface area contributed by atoms with Crippen LogP contribution in [0.5, 0.6) is 0 Å². The standard InChI is InChI=1S/C27H29N5O2/c28-30-29-24-25(33)31(11-10-27-15-18-12-19(16-27)14-20(13-18)17-27)22-8-4-5-9-23(22)32(26(24)34)21-6-2-1-3-7-21/h1-9,18-20,24H,10-17H2. The van der Waals surface area contributed by atoms with Gasteiger partial charge in [0.1, 0.15) is 0 Å². The minimum Gasteiger partial charge on any atom is -0.310 e. The molecule has 7 nitrogen and oxygen atoms in total. The van der Waals surface area contributed by atoms with E-state index in [2.05, 4.69) is 10.0 Å². The monoisotopic (exact) mass is 455 g/mol. The Morgan fingerprint density at radius 3 is 2.06 bits per heavy atom. The van der Waals surface area contributed by atoms with Crippen molar-refractivity contribution in [2.75, 3.05) is 16.3 Å². The highest BCUT2D eigenvalue weighted by molar-refractivity contribution is 6.22. The van der Waals surface area contributed by atoms with E-state index in [1.165, 1.54) is 43.4 Å². The number of carbonyl (C=O) groups is 2. The minimum absolute atomic E-state index is 0.299. The summed E-state index contributed by atoms with van der Waals surface area (Å²) in [5, 5.41) is 3.69. The third-order valence-electron chi connectivity index (χ3n) is 8.58. The highest BCUT2D eigenvalue weighted by Crippen LogP contribution is 2.61. The summed E-state index contributed by atoms with van der Waals surface area (Å²) < 4.78 is 0. The number of azide groups is 1. The Labute approximate surface area is 199 Å². The fourth-order valence-corrected chi connectivity index (χ4v) is 7.66. The highest BCUT2D eigenvalue weighted by Gasteiger charge is 2.51. The number of carbonyl (C=O) groups excluding carboxylic acids is 2. The van der Waals surface area contributed by atoms with Crippen LogP contribution in [0.3, 0.4) is 0 Å². The maximum absolute atomic E-state index is 13.7. The van der Waals surface area contributed by atoms with Crippen molar-refractivity contribution in [1.82, 2.24) is 0 Å². The number of rotatable bonds is 5. The van der Waals surface area contributed by atoms with Gasteiger partial charge in [0.25, 0.3) is 0 Å². The Morgan fingerprint density at radius 2 is 1.44 bits per heavy atom. The minimum atomic E-state index is -1.42. The first-order valence-corrected chi connectivity index (χ1v) is 12.4. The molecule has 4 aliphatic carbocycles. The summed E-state index contributed by atoms with van der Waals surface area (Å²) in [4.78, 5) is 33.4. The lowest BCUT2D eigenvalue weighted by atomic mass is 9.49. The molecular formula is C27H29N5O2. The third-order valence-corrected chi connectivity index (χ3v) is 8.58. The Bertz CT molecular complexity index is 1140. The van der Waals surface area contributed by atoms with Gasteiger partial charge in [-0.05, 0) is 97.9 Å². The molecule has 4 fully saturated rings. The lowest BCUT2D eigenvalue weighted by molar-refractivity contribution is -0.127. The van der Waals surface area contributed by atoms with Gasteiger partial charge in [-0.2, -0.15) is 0 Å². The van der Waals surface area contributed by atoms with Gasteiger partial charge < -0.3 is 4.90 Å². The maximum atomic E-state index is 13.7. The quantitative estimate of drug-likeness (QED) is 0.240. The lowest BCUT2D eigenvalue weighted by Crippen LogP contribution is -2.49. The van der Waals surface area contributed by atoms with Crippen LogP contribution in [0.1, 0.15) is 44.9 Å². The maximum Gasteiger partial charge on any atom is 0.250 e. The van der Waals surface area contributed by atoms with Crippen LogP contribution in [0.2, 0.25) is 0 Å². The molecule has 1 aliphatic heterocycles. The summed E-state index contributed by atoms with van der Waals surface area (Å²) in [7, 11) is 0. The predicted octanol–water partition coefficient (Wildman–Crippen LogP) is 5.98. The van der Waals surface area contributed by atoms with Crippen LogP contribution >= 0.6 is 0 Å². The molecule has 1 unspecified atom stereocenters. The predicted molar refractivity (Wildman–Crippen MR) is 131 cm³/mol. The summed E-state index contributed by atoms with van der Waals surface area (Å²) in [6.45, 7) is 0.537. The van der Waals surface area contributed by atoms with Crippen molar-refractivity contribution in [3.63, 3.8) is 0 Å². The number of hydrogen-bond donors (Lipinski definition) is 0. The van der Waals surface area contributed by atoms with Gasteiger partial charge in [0.15, 0.2) is 6.04 Å². The van der Waals surface area contributed by atoms with E-state index in [1.54, 1.807) is 4.90 Å². The zero-order valence-corrected chi connectivity index (χ0v) is 19.2. The van der Waals surface area contributed by atoms with Gasteiger partial charge in [0.05, 0.1) is 11.4 Å². The second kappa shape index (κ2) is 8.17. The normalized spacial score (nSPS) is 31.8. The molecule has 0 N–H and O–H groups in total. The van der Waals surface area contributed by atoms with Crippen molar-refractivity contribution >= 4 is 28.9 Å². The molecule has 7 heteroatoms. The van der Waals surface area contributed by atoms with E-state index in [-0.39, 0.29) is 0 Å². The molecule has 4 bridgehead atoms. The van der Waals surface area contributed by atoms with E-state index in [0.29, 0.717) is 29.0 Å². The molecule has 5 aliphatic rings. The Kier molecular flexibility index (Phi) is 5.10. The molecule has 7 rings (SSSR count). The number of fused-ring (bicyclic) bond motifs is 1. The molecule has 174 valence electrons. The zero-order chi connectivity index (χ0) is 23.3. The van der Waals surface area contributed by atoms with E-state index >= 15 is 0 Å². The second-order valence-corrected chi connectivity index (χ2v) is 10.8. The third kappa shape index (κ3) is 3.46. The smallest absolute Gasteiger partial charge is 0.250 e. The van der Waals surface area contributed by atoms with Crippen molar-refractivity contribution in [3.05, 3.63) is 65.0 Å². The van der Waals surface area contributed by atoms with Crippen LogP contribution in [-0.2, 0) is 9.59 Å². The van der Waals surface area contributed by atoms with E-state index in [0.717, 1.165) is 24.2 Å². The van der Waals surface area contributed by atoms with Gasteiger partial charge >= 0.3 is 0 Å². The van der Waals surface area contributed by atoms with Gasteiger partial charge in [-0.3, -0.25) is 14.5 Å². The van der Waals surface area contributed by atoms with Crippen LogP contribution in [0.4, 0.5) is 17.1 Å². The Morgan fingerprint density at radius 1 is 0.853 bits per heavy atom. The zero-order valence-electron chi connectivity index (χ0n) is 19.2. The van der Waals surface area contributed by atoms with Crippen LogP contribution < -0.4 is 9.80 Å². The lowest BCUT2D eigenvalue weighted by Gasteiger charge is -2.57. The van der Waals surface area contributed by atoms with E-state index < -0.39 is 17.9 Å². The molecule has 0 saturated heterocycles. The first-order valence-electron chi connectivity index (χ1n) is 12.4. The number of benzene rings is 2. The largest absolute Gasteiger partial charge is 0.310 e. The number of para-hydroxylation sites is 3. The molecule has 0 aromatic heterocycles. The summed E-state index contributed by atoms with van der Waals surface area (Å²) >= 11 is 0. The van der Waals surface area contributed by atoms with E-state index in [1.807, 2.05) is 54.6 Å². The number of amides is 2. The van der Waals surface area contributed by atoms with Gasteiger partial charge in [-0.25, -0.2) is 0 Å². The van der Waals surface area contributed by atoms with Gasteiger partial charge in [-0.1, -0.05) is 35.4 Å². The molecule has 34 heavy (non-hydrogen) atoms.